The Bertz CT molecular complexity index is 140. The highest BCUT2D eigenvalue weighted by atomic mass is 15.2. The fourth-order valence-corrected chi connectivity index (χ4v) is 0.843. The second-order valence-electron chi connectivity index (χ2n) is 2.23. The SMILES string of the molecule is C1=CC2(C=CN1)CN2. The van der Waals surface area contributed by atoms with Crippen LogP contribution in [-0.4, -0.2) is 12.1 Å². The van der Waals surface area contributed by atoms with Gasteiger partial charge in [-0.3, -0.25) is 0 Å². The van der Waals surface area contributed by atoms with Crippen LogP contribution in [0.5, 0.6) is 0 Å². The molecule has 1 fully saturated rings. The highest BCUT2D eigenvalue weighted by Gasteiger charge is 2.36. The molecule has 0 unspecified atom stereocenters. The van der Waals surface area contributed by atoms with E-state index in [-0.39, 0.29) is 5.54 Å². The number of dihydropyridines is 1. The van der Waals surface area contributed by atoms with Gasteiger partial charge in [0.1, 0.15) is 0 Å². The van der Waals surface area contributed by atoms with Gasteiger partial charge in [0.25, 0.3) is 0 Å². The Morgan fingerprint density at radius 2 is 1.88 bits per heavy atom. The number of rotatable bonds is 0. The maximum atomic E-state index is 3.24. The molecular formula is C6H8N2. The van der Waals surface area contributed by atoms with Crippen LogP contribution in [0.15, 0.2) is 24.6 Å². The summed E-state index contributed by atoms with van der Waals surface area (Å²) >= 11 is 0. The van der Waals surface area contributed by atoms with Crippen molar-refractivity contribution >= 4 is 0 Å². The van der Waals surface area contributed by atoms with E-state index in [0.29, 0.717) is 0 Å². The van der Waals surface area contributed by atoms with Crippen molar-refractivity contribution in [1.82, 2.24) is 10.6 Å². The molecule has 0 saturated carbocycles. The first kappa shape index (κ1) is 4.15. The van der Waals surface area contributed by atoms with Crippen molar-refractivity contribution in [1.29, 1.82) is 0 Å². The van der Waals surface area contributed by atoms with Crippen LogP contribution in [0.4, 0.5) is 0 Å². The number of hydrogen-bond acceptors (Lipinski definition) is 2. The van der Waals surface area contributed by atoms with Gasteiger partial charge in [0.05, 0.1) is 5.54 Å². The Morgan fingerprint density at radius 1 is 1.25 bits per heavy atom. The summed E-state index contributed by atoms with van der Waals surface area (Å²) in [5, 5.41) is 6.22. The second kappa shape index (κ2) is 1.14. The molecular weight excluding hydrogens is 100 g/mol. The molecule has 1 spiro atoms. The molecule has 1 saturated heterocycles. The van der Waals surface area contributed by atoms with Gasteiger partial charge in [-0.1, -0.05) is 0 Å². The minimum Gasteiger partial charge on any atom is -0.368 e. The second-order valence-corrected chi connectivity index (χ2v) is 2.23. The van der Waals surface area contributed by atoms with E-state index >= 15 is 0 Å². The third kappa shape index (κ3) is 0.465. The molecule has 0 aliphatic carbocycles. The summed E-state index contributed by atoms with van der Waals surface area (Å²) in [7, 11) is 0. The molecule has 2 heteroatoms. The van der Waals surface area contributed by atoms with Crippen LogP contribution >= 0.6 is 0 Å². The van der Waals surface area contributed by atoms with Crippen molar-refractivity contribution in [2.24, 2.45) is 0 Å². The van der Waals surface area contributed by atoms with E-state index in [1.807, 2.05) is 12.4 Å². The molecule has 0 atom stereocenters. The molecule has 42 valence electrons. The molecule has 0 aromatic rings. The lowest BCUT2D eigenvalue weighted by Gasteiger charge is -2.04. The summed E-state index contributed by atoms with van der Waals surface area (Å²) in [4.78, 5) is 0. The van der Waals surface area contributed by atoms with E-state index < -0.39 is 0 Å². The summed E-state index contributed by atoms with van der Waals surface area (Å²) in [5.41, 5.74) is 0.255. The van der Waals surface area contributed by atoms with Gasteiger partial charge in [0.2, 0.25) is 0 Å². The molecule has 2 aliphatic heterocycles. The van der Waals surface area contributed by atoms with E-state index in [0.717, 1.165) is 6.54 Å². The third-order valence-electron chi connectivity index (χ3n) is 1.54. The van der Waals surface area contributed by atoms with Crippen LogP contribution in [0.25, 0.3) is 0 Å². The Labute approximate surface area is 48.3 Å². The van der Waals surface area contributed by atoms with Gasteiger partial charge < -0.3 is 10.6 Å². The van der Waals surface area contributed by atoms with Gasteiger partial charge in [-0.15, -0.1) is 0 Å². The zero-order valence-corrected chi connectivity index (χ0v) is 4.52. The molecule has 8 heavy (non-hydrogen) atoms. The van der Waals surface area contributed by atoms with Crippen LogP contribution in [0.3, 0.4) is 0 Å². The Balaban J connectivity index is 2.24. The summed E-state index contributed by atoms with van der Waals surface area (Å²) in [6, 6.07) is 0. The van der Waals surface area contributed by atoms with Crippen LogP contribution < -0.4 is 10.6 Å². The van der Waals surface area contributed by atoms with E-state index in [2.05, 4.69) is 22.8 Å². The normalized spacial score (nSPS) is 28.0. The minimum absolute atomic E-state index is 0.255. The summed E-state index contributed by atoms with van der Waals surface area (Å²) in [5.74, 6) is 0. The average molecular weight is 108 g/mol. The molecule has 0 radical (unpaired) electrons. The van der Waals surface area contributed by atoms with Crippen molar-refractivity contribution < 1.29 is 0 Å². The standard InChI is InChI=1S/C6H8N2/c1-3-7-4-2-6(1)5-8-6/h1-4,7-8H,5H2. The lowest BCUT2D eigenvalue weighted by atomic mass is 10.1. The smallest absolute Gasteiger partial charge is 0.0712 e. The highest BCUT2D eigenvalue weighted by Crippen LogP contribution is 2.21. The lowest BCUT2D eigenvalue weighted by Crippen LogP contribution is -2.13. The van der Waals surface area contributed by atoms with Crippen molar-refractivity contribution in [3.05, 3.63) is 24.6 Å². The first-order chi connectivity index (χ1) is 3.91. The first-order valence-corrected chi connectivity index (χ1v) is 2.78. The lowest BCUT2D eigenvalue weighted by molar-refractivity contribution is 0.928. The fourth-order valence-electron chi connectivity index (χ4n) is 0.843. The molecule has 0 amide bonds. The molecule has 0 aromatic carbocycles. The molecule has 2 nitrogen and oxygen atoms in total. The van der Waals surface area contributed by atoms with Gasteiger partial charge >= 0.3 is 0 Å². The Morgan fingerprint density at radius 3 is 2.25 bits per heavy atom. The van der Waals surface area contributed by atoms with Crippen molar-refractivity contribution in [3.63, 3.8) is 0 Å². The van der Waals surface area contributed by atoms with E-state index in [1.165, 1.54) is 0 Å². The van der Waals surface area contributed by atoms with Gasteiger partial charge in [-0.2, -0.15) is 0 Å². The topological polar surface area (TPSA) is 34.0 Å². The van der Waals surface area contributed by atoms with E-state index in [1.54, 1.807) is 0 Å². The van der Waals surface area contributed by atoms with E-state index in [9.17, 15) is 0 Å². The number of nitrogens with one attached hydrogen (secondary N) is 2. The largest absolute Gasteiger partial charge is 0.368 e. The first-order valence-electron chi connectivity index (χ1n) is 2.78. The van der Waals surface area contributed by atoms with Crippen molar-refractivity contribution in [2.45, 2.75) is 5.54 Å². The molecule has 2 rings (SSSR count). The van der Waals surface area contributed by atoms with Crippen molar-refractivity contribution in [3.8, 4) is 0 Å². The summed E-state index contributed by atoms with van der Waals surface area (Å²) < 4.78 is 0. The van der Waals surface area contributed by atoms with Crippen LogP contribution in [0.2, 0.25) is 0 Å². The summed E-state index contributed by atoms with van der Waals surface area (Å²) in [6.07, 6.45) is 8.18. The summed E-state index contributed by atoms with van der Waals surface area (Å²) in [6.45, 7) is 1.10. The van der Waals surface area contributed by atoms with Gasteiger partial charge in [0.15, 0.2) is 0 Å². The molecule has 2 aliphatic rings. The highest BCUT2D eigenvalue weighted by molar-refractivity contribution is 5.31. The minimum atomic E-state index is 0.255. The zero-order chi connectivity index (χ0) is 5.45. The van der Waals surface area contributed by atoms with Gasteiger partial charge in [-0.25, -0.2) is 0 Å². The predicted octanol–water partition coefficient (Wildman–Crippen LogP) is -0.0410. The molecule has 0 aromatic heterocycles. The van der Waals surface area contributed by atoms with Crippen LogP contribution in [0.1, 0.15) is 0 Å². The molecule has 2 N–H and O–H groups in total. The van der Waals surface area contributed by atoms with Gasteiger partial charge in [-0.05, 0) is 24.6 Å². The predicted molar refractivity (Wildman–Crippen MR) is 32.1 cm³/mol. The maximum absolute atomic E-state index is 3.24. The van der Waals surface area contributed by atoms with Crippen LogP contribution in [0, 0.1) is 0 Å². The Hall–Kier alpha value is -0.760. The van der Waals surface area contributed by atoms with Crippen LogP contribution in [-0.2, 0) is 0 Å². The Kier molecular flexibility index (Phi) is 0.594. The third-order valence-corrected chi connectivity index (χ3v) is 1.54. The molecule has 2 heterocycles. The maximum Gasteiger partial charge on any atom is 0.0712 e. The molecule has 0 bridgehead atoms. The average Bonchev–Trinajstić information content (AvgIpc) is 2.52. The fraction of sp³-hybridized carbons (Fsp3) is 0.333. The monoisotopic (exact) mass is 108 g/mol. The zero-order valence-electron chi connectivity index (χ0n) is 4.52. The van der Waals surface area contributed by atoms with Gasteiger partial charge in [0, 0.05) is 6.54 Å². The van der Waals surface area contributed by atoms with E-state index in [4.69, 9.17) is 0 Å². The quantitative estimate of drug-likeness (QED) is 0.427. The number of hydrogen-bond donors (Lipinski definition) is 2. The van der Waals surface area contributed by atoms with Crippen molar-refractivity contribution in [2.75, 3.05) is 6.54 Å².